The summed E-state index contributed by atoms with van der Waals surface area (Å²) in [6.07, 6.45) is 0. The van der Waals surface area contributed by atoms with Gasteiger partial charge in [-0.25, -0.2) is 12.8 Å². The molecule has 5 nitrogen and oxygen atoms in total. The van der Waals surface area contributed by atoms with Crippen LogP contribution in [-0.2, 0) is 14.8 Å². The predicted octanol–water partition coefficient (Wildman–Crippen LogP) is 1.06. The monoisotopic (exact) mass is 276 g/mol. The lowest BCUT2D eigenvalue weighted by molar-refractivity contribution is 0.149. The molecular weight excluding hydrogens is 259 g/mol. The summed E-state index contributed by atoms with van der Waals surface area (Å²) in [5.41, 5.74) is 5.44. The molecule has 2 N–H and O–H groups in total. The summed E-state index contributed by atoms with van der Waals surface area (Å²) in [5, 5.41) is 0. The van der Waals surface area contributed by atoms with Gasteiger partial charge in [0.1, 0.15) is 10.7 Å². The first kappa shape index (κ1) is 14.9. The molecule has 1 rings (SSSR count). The van der Waals surface area contributed by atoms with Crippen LogP contribution in [-0.4, -0.2) is 39.5 Å². The fraction of sp³-hybridized carbons (Fsp3) is 0.455. The van der Waals surface area contributed by atoms with E-state index in [0.717, 1.165) is 10.4 Å². The van der Waals surface area contributed by atoms with Crippen LogP contribution in [0.5, 0.6) is 0 Å². The molecule has 0 heterocycles. The molecule has 1 unspecified atom stereocenters. The minimum Gasteiger partial charge on any atom is -0.398 e. The van der Waals surface area contributed by atoms with Crippen LogP contribution in [0.25, 0.3) is 0 Å². The zero-order chi connectivity index (χ0) is 13.9. The Morgan fingerprint density at radius 2 is 2.11 bits per heavy atom. The number of halogens is 1. The van der Waals surface area contributed by atoms with E-state index >= 15 is 0 Å². The molecule has 18 heavy (non-hydrogen) atoms. The first-order valence-corrected chi connectivity index (χ1v) is 6.77. The van der Waals surface area contributed by atoms with Crippen LogP contribution in [0.4, 0.5) is 10.1 Å². The van der Waals surface area contributed by atoms with E-state index in [1.165, 1.54) is 26.3 Å². The molecule has 0 bridgehead atoms. The van der Waals surface area contributed by atoms with E-state index in [1.807, 2.05) is 0 Å². The number of benzene rings is 1. The lowest BCUT2D eigenvalue weighted by atomic mass is 10.3. The van der Waals surface area contributed by atoms with Crippen molar-refractivity contribution in [3.8, 4) is 0 Å². The Balaban J connectivity index is 3.22. The number of rotatable bonds is 5. The second-order valence-corrected chi connectivity index (χ2v) is 5.92. The third-order valence-electron chi connectivity index (χ3n) is 2.66. The van der Waals surface area contributed by atoms with E-state index in [2.05, 4.69) is 0 Å². The largest absolute Gasteiger partial charge is 0.398 e. The van der Waals surface area contributed by atoms with Crippen molar-refractivity contribution in [2.24, 2.45) is 0 Å². The Labute approximate surface area is 106 Å². The van der Waals surface area contributed by atoms with Gasteiger partial charge in [0.2, 0.25) is 10.0 Å². The van der Waals surface area contributed by atoms with Crippen molar-refractivity contribution in [2.45, 2.75) is 17.9 Å². The number of ether oxygens (including phenoxy) is 1. The van der Waals surface area contributed by atoms with Gasteiger partial charge in [-0.1, -0.05) is 6.07 Å². The third-order valence-corrected chi connectivity index (χ3v) is 4.73. The number of nitrogen functional groups attached to an aromatic ring is 1. The summed E-state index contributed by atoms with van der Waals surface area (Å²) >= 11 is 0. The zero-order valence-electron chi connectivity index (χ0n) is 10.6. The number of nitrogens with zero attached hydrogens (tertiary/aromatic N) is 1. The lowest BCUT2D eigenvalue weighted by Gasteiger charge is -2.24. The Bertz CT molecular complexity index is 499. The number of sulfonamides is 1. The van der Waals surface area contributed by atoms with E-state index < -0.39 is 26.8 Å². The number of anilines is 1. The summed E-state index contributed by atoms with van der Waals surface area (Å²) in [5.74, 6) is -0.855. The van der Waals surface area contributed by atoms with Gasteiger partial charge in [-0.15, -0.1) is 0 Å². The van der Waals surface area contributed by atoms with Crippen LogP contribution in [0.15, 0.2) is 23.1 Å². The molecule has 0 aliphatic carbocycles. The molecule has 0 saturated carbocycles. The molecule has 1 atom stereocenters. The van der Waals surface area contributed by atoms with Gasteiger partial charge < -0.3 is 10.5 Å². The predicted molar refractivity (Wildman–Crippen MR) is 67.1 cm³/mol. The highest BCUT2D eigenvalue weighted by Crippen LogP contribution is 2.25. The second-order valence-electron chi connectivity index (χ2n) is 3.98. The first-order chi connectivity index (χ1) is 8.32. The number of methoxy groups -OCH3 is 1. The number of hydrogen-bond acceptors (Lipinski definition) is 4. The fourth-order valence-corrected chi connectivity index (χ4v) is 3.03. The van der Waals surface area contributed by atoms with E-state index in [1.54, 1.807) is 6.92 Å². The highest BCUT2D eigenvalue weighted by atomic mass is 32.2. The van der Waals surface area contributed by atoms with Crippen LogP contribution in [0, 0.1) is 5.82 Å². The molecular formula is C11H17FN2O3S. The molecule has 0 spiro atoms. The fourth-order valence-electron chi connectivity index (χ4n) is 1.52. The van der Waals surface area contributed by atoms with Gasteiger partial charge in [0.25, 0.3) is 0 Å². The quantitative estimate of drug-likeness (QED) is 0.816. The summed E-state index contributed by atoms with van der Waals surface area (Å²) in [7, 11) is -1.14. The molecule has 0 aromatic heterocycles. The standard InChI is InChI=1S/C11H17FN2O3S/c1-8(7-17-3)14(2)18(15,16)11-9(12)5-4-6-10(11)13/h4-6,8H,7,13H2,1-3H3. The van der Waals surface area contributed by atoms with Crippen LogP contribution < -0.4 is 5.73 Å². The molecule has 0 aliphatic rings. The smallest absolute Gasteiger partial charge is 0.248 e. The van der Waals surface area contributed by atoms with Crippen LogP contribution >= 0.6 is 0 Å². The van der Waals surface area contributed by atoms with E-state index in [0.29, 0.717) is 0 Å². The Morgan fingerprint density at radius 3 is 2.61 bits per heavy atom. The van der Waals surface area contributed by atoms with Gasteiger partial charge in [0.05, 0.1) is 12.3 Å². The van der Waals surface area contributed by atoms with Gasteiger partial charge in [-0.3, -0.25) is 0 Å². The van der Waals surface area contributed by atoms with Crippen LogP contribution in [0.1, 0.15) is 6.92 Å². The van der Waals surface area contributed by atoms with Crippen molar-refractivity contribution in [1.82, 2.24) is 4.31 Å². The average Bonchev–Trinajstić information content (AvgIpc) is 2.27. The summed E-state index contributed by atoms with van der Waals surface area (Å²) in [6, 6.07) is 3.37. The highest BCUT2D eigenvalue weighted by molar-refractivity contribution is 7.89. The Kier molecular flexibility index (Phi) is 4.66. The molecule has 0 saturated heterocycles. The van der Waals surface area contributed by atoms with E-state index in [9.17, 15) is 12.8 Å². The highest BCUT2D eigenvalue weighted by Gasteiger charge is 2.29. The molecule has 1 aromatic rings. The maximum atomic E-state index is 13.6. The number of nitrogens with two attached hydrogens (primary N) is 1. The van der Waals surface area contributed by atoms with Gasteiger partial charge in [-0.2, -0.15) is 4.31 Å². The van der Waals surface area contributed by atoms with E-state index in [-0.39, 0.29) is 12.3 Å². The third kappa shape index (κ3) is 2.80. The lowest BCUT2D eigenvalue weighted by Crippen LogP contribution is -2.38. The zero-order valence-corrected chi connectivity index (χ0v) is 11.4. The van der Waals surface area contributed by atoms with E-state index in [4.69, 9.17) is 10.5 Å². The molecule has 0 radical (unpaired) electrons. The molecule has 7 heteroatoms. The maximum absolute atomic E-state index is 13.6. The first-order valence-electron chi connectivity index (χ1n) is 5.33. The average molecular weight is 276 g/mol. The normalized spacial score (nSPS) is 13.8. The Hall–Kier alpha value is -1.18. The minimum atomic E-state index is -3.97. The summed E-state index contributed by atoms with van der Waals surface area (Å²) in [4.78, 5) is -0.490. The topological polar surface area (TPSA) is 72.6 Å². The Morgan fingerprint density at radius 1 is 1.50 bits per heavy atom. The van der Waals surface area contributed by atoms with Crippen molar-refractivity contribution in [3.63, 3.8) is 0 Å². The number of likely N-dealkylation sites (N-methyl/N-ethyl adjacent to an activating group) is 1. The molecule has 0 fully saturated rings. The van der Waals surface area contributed by atoms with Crippen molar-refractivity contribution >= 4 is 15.7 Å². The minimum absolute atomic E-state index is 0.105. The van der Waals surface area contributed by atoms with Gasteiger partial charge in [0.15, 0.2) is 0 Å². The van der Waals surface area contributed by atoms with Crippen molar-refractivity contribution in [1.29, 1.82) is 0 Å². The molecule has 1 aromatic carbocycles. The molecule has 0 amide bonds. The van der Waals surface area contributed by atoms with Gasteiger partial charge in [-0.05, 0) is 19.1 Å². The SMILES string of the molecule is COCC(C)N(C)S(=O)(=O)c1c(N)cccc1F. The van der Waals surface area contributed by atoms with Crippen molar-refractivity contribution in [2.75, 3.05) is 26.5 Å². The van der Waals surface area contributed by atoms with Gasteiger partial charge >= 0.3 is 0 Å². The van der Waals surface area contributed by atoms with Gasteiger partial charge in [0, 0.05) is 20.2 Å². The van der Waals surface area contributed by atoms with Crippen molar-refractivity contribution in [3.05, 3.63) is 24.0 Å². The maximum Gasteiger partial charge on any atom is 0.248 e. The van der Waals surface area contributed by atoms with Crippen LogP contribution in [0.3, 0.4) is 0 Å². The van der Waals surface area contributed by atoms with Crippen molar-refractivity contribution < 1.29 is 17.5 Å². The number of hydrogen-bond donors (Lipinski definition) is 1. The summed E-state index contributed by atoms with van der Waals surface area (Å²) < 4.78 is 44.1. The molecule has 0 aliphatic heterocycles. The summed E-state index contributed by atoms with van der Waals surface area (Å²) in [6.45, 7) is 1.88. The second kappa shape index (κ2) is 5.64. The molecule has 102 valence electrons. The van der Waals surface area contributed by atoms with Crippen LogP contribution in [0.2, 0.25) is 0 Å².